The molecule has 0 fully saturated rings. The number of rotatable bonds is 6. The Hall–Kier alpha value is -2.46. The lowest BCUT2D eigenvalue weighted by molar-refractivity contribution is -0.458. The lowest BCUT2D eigenvalue weighted by atomic mass is 10.1. The van der Waals surface area contributed by atoms with Crippen molar-refractivity contribution in [3.63, 3.8) is 0 Å². The lowest BCUT2D eigenvalue weighted by Gasteiger charge is -2.13. The largest absolute Gasteiger partial charge is 0.305 e. The summed E-state index contributed by atoms with van der Waals surface area (Å²) in [6.45, 7) is 4.69. The maximum absolute atomic E-state index is 12.5. The van der Waals surface area contributed by atoms with Gasteiger partial charge in [-0.25, -0.2) is 16.8 Å². The summed E-state index contributed by atoms with van der Waals surface area (Å²) in [4.78, 5) is 9.59. The minimum absolute atomic E-state index is 0.0813. The average molecular weight is 398 g/mol. The second kappa shape index (κ2) is 7.04. The summed E-state index contributed by atoms with van der Waals surface area (Å²) < 4.78 is 51.7. The molecule has 0 atom stereocenters. The van der Waals surface area contributed by atoms with Crippen molar-refractivity contribution in [1.29, 1.82) is 0 Å². The van der Waals surface area contributed by atoms with Crippen molar-refractivity contribution in [1.82, 2.24) is 0 Å². The van der Waals surface area contributed by atoms with Gasteiger partial charge in [0.25, 0.3) is 10.0 Å². The van der Waals surface area contributed by atoms with E-state index in [1.165, 1.54) is 38.1 Å². The van der Waals surface area contributed by atoms with Gasteiger partial charge < -0.3 is 0 Å². The highest BCUT2D eigenvalue weighted by molar-refractivity contribution is 7.92. The molecular weight excluding hydrogens is 380 g/mol. The van der Waals surface area contributed by atoms with Crippen LogP contribution in [0, 0.1) is 30.9 Å². The smallest absolute Gasteiger partial charge is 0.280 e. The fourth-order valence-corrected chi connectivity index (χ4v) is 5.35. The van der Waals surface area contributed by atoms with Gasteiger partial charge >= 0.3 is 5.88 Å². The number of nitro groups is 1. The Labute approximate surface area is 152 Å². The van der Waals surface area contributed by atoms with Crippen molar-refractivity contribution in [3.05, 3.63) is 63.2 Å². The van der Waals surface area contributed by atoms with Crippen molar-refractivity contribution in [2.24, 2.45) is 0 Å². The fraction of sp³-hybridized carbons (Fsp3) is 0.250. The maximum atomic E-state index is 12.5. The third-order valence-corrected chi connectivity index (χ3v) is 6.79. The van der Waals surface area contributed by atoms with E-state index in [1.54, 1.807) is 19.1 Å². The van der Waals surface area contributed by atoms with Gasteiger partial charge in [-0.1, -0.05) is 12.1 Å². The number of sulfonamides is 1. The summed E-state index contributed by atoms with van der Waals surface area (Å²) in [5.41, 5.74) is 1.42. The Morgan fingerprint density at radius 2 is 1.58 bits per heavy atom. The quantitative estimate of drug-likeness (QED) is 0.589. The first-order valence-electron chi connectivity index (χ1n) is 7.48. The van der Waals surface area contributed by atoms with Gasteiger partial charge in [-0.2, -0.15) is 0 Å². The Balaban J connectivity index is 2.44. The van der Waals surface area contributed by atoms with Gasteiger partial charge in [0.2, 0.25) is 9.84 Å². The van der Waals surface area contributed by atoms with Crippen molar-refractivity contribution in [3.8, 4) is 0 Å². The molecule has 0 aliphatic heterocycles. The van der Waals surface area contributed by atoms with E-state index >= 15 is 0 Å². The minimum Gasteiger partial charge on any atom is -0.280 e. The van der Waals surface area contributed by atoms with Crippen LogP contribution in [0.4, 0.5) is 5.69 Å². The second-order valence-electron chi connectivity index (χ2n) is 5.94. The van der Waals surface area contributed by atoms with E-state index in [-0.39, 0.29) is 26.6 Å². The van der Waals surface area contributed by atoms with Crippen LogP contribution in [0.2, 0.25) is 0 Å². The Kier molecular flexibility index (Phi) is 5.38. The van der Waals surface area contributed by atoms with Gasteiger partial charge in [0.1, 0.15) is 0 Å². The number of aryl methyl sites for hydroxylation is 3. The lowest BCUT2D eigenvalue weighted by Crippen LogP contribution is -2.18. The third kappa shape index (κ3) is 4.38. The maximum Gasteiger partial charge on any atom is 0.305 e. The van der Waals surface area contributed by atoms with E-state index in [9.17, 15) is 26.9 Å². The molecule has 8 nitrogen and oxygen atoms in total. The van der Waals surface area contributed by atoms with E-state index in [1.807, 2.05) is 0 Å². The van der Waals surface area contributed by atoms with Gasteiger partial charge in [0.05, 0.1) is 9.79 Å². The van der Waals surface area contributed by atoms with Crippen LogP contribution in [0.3, 0.4) is 0 Å². The highest BCUT2D eigenvalue weighted by Gasteiger charge is 2.26. The molecule has 0 amide bonds. The van der Waals surface area contributed by atoms with Crippen LogP contribution in [0.5, 0.6) is 0 Å². The summed E-state index contributed by atoms with van der Waals surface area (Å²) in [7, 11) is -7.96. The van der Waals surface area contributed by atoms with Crippen LogP contribution >= 0.6 is 0 Å². The van der Waals surface area contributed by atoms with Gasteiger partial charge in [0, 0.05) is 10.6 Å². The molecule has 0 saturated carbocycles. The van der Waals surface area contributed by atoms with E-state index in [2.05, 4.69) is 4.72 Å². The Bertz CT molecular complexity index is 1050. The highest BCUT2D eigenvalue weighted by atomic mass is 32.2. The molecule has 0 unspecified atom stereocenters. The van der Waals surface area contributed by atoms with Crippen molar-refractivity contribution >= 4 is 25.5 Å². The second-order valence-corrected chi connectivity index (χ2v) is 9.52. The number of nitrogens with one attached hydrogen (secondary N) is 1. The van der Waals surface area contributed by atoms with Crippen molar-refractivity contribution in [2.45, 2.75) is 30.6 Å². The fourth-order valence-electron chi connectivity index (χ4n) is 2.70. The molecule has 2 aromatic rings. The molecule has 0 aromatic heterocycles. The van der Waals surface area contributed by atoms with Crippen LogP contribution in [0.15, 0.2) is 46.2 Å². The van der Waals surface area contributed by atoms with Crippen molar-refractivity contribution < 1.29 is 21.8 Å². The zero-order chi connectivity index (χ0) is 19.7. The number of anilines is 1. The normalized spacial score (nSPS) is 12.0. The number of nitrogens with zero attached hydrogens (tertiary/aromatic N) is 1. The first-order valence-corrected chi connectivity index (χ1v) is 10.6. The number of hydrogen-bond acceptors (Lipinski definition) is 6. The molecule has 0 bridgehead atoms. The van der Waals surface area contributed by atoms with E-state index < -0.39 is 30.7 Å². The van der Waals surface area contributed by atoms with Crippen LogP contribution < -0.4 is 4.72 Å². The number of sulfone groups is 1. The molecule has 2 rings (SSSR count). The van der Waals surface area contributed by atoms with E-state index in [0.717, 1.165) is 5.56 Å². The molecule has 26 heavy (non-hydrogen) atoms. The van der Waals surface area contributed by atoms with Crippen LogP contribution in [-0.4, -0.2) is 27.6 Å². The molecule has 1 N–H and O–H groups in total. The minimum atomic E-state index is -4.12. The third-order valence-electron chi connectivity index (χ3n) is 3.60. The van der Waals surface area contributed by atoms with Gasteiger partial charge in [-0.05, 0) is 61.7 Å². The molecular formula is C16H18N2O6S2. The van der Waals surface area contributed by atoms with Gasteiger partial charge in [0.15, 0.2) is 0 Å². The van der Waals surface area contributed by atoms with E-state index in [0.29, 0.717) is 0 Å². The SMILES string of the molecule is Cc1cccc(S(=O)(=O)Nc2cc(C)c(S(=O)(=O)C[N+](=O)[O-])c(C)c2)c1. The van der Waals surface area contributed by atoms with Crippen LogP contribution in [0.1, 0.15) is 16.7 Å². The Morgan fingerprint density at radius 3 is 2.08 bits per heavy atom. The monoisotopic (exact) mass is 398 g/mol. The molecule has 0 saturated heterocycles. The average Bonchev–Trinajstić information content (AvgIpc) is 2.43. The molecule has 140 valence electrons. The topological polar surface area (TPSA) is 123 Å². The number of benzene rings is 2. The first kappa shape index (κ1) is 19.9. The van der Waals surface area contributed by atoms with Gasteiger partial charge in [-0.3, -0.25) is 14.8 Å². The predicted octanol–water partition coefficient (Wildman–Crippen LogP) is 2.42. The molecule has 0 aliphatic carbocycles. The molecule has 0 radical (unpaired) electrons. The summed E-state index contributed by atoms with van der Waals surface area (Å²) in [5.74, 6) is -1.22. The van der Waals surface area contributed by atoms with E-state index in [4.69, 9.17) is 0 Å². The summed E-state index contributed by atoms with van der Waals surface area (Å²) in [5, 5.41) is 10.6. The van der Waals surface area contributed by atoms with Crippen LogP contribution in [0.25, 0.3) is 0 Å². The molecule has 0 spiro atoms. The standard InChI is InChI=1S/C16H18N2O6S2/c1-11-5-4-6-15(7-11)26(23,24)17-14-8-12(2)16(13(3)9-14)25(21,22)10-18(19)20/h4-9,17H,10H2,1-3H3. The molecule has 0 aliphatic rings. The first-order chi connectivity index (χ1) is 11.9. The zero-order valence-electron chi connectivity index (χ0n) is 14.4. The molecule has 0 heterocycles. The van der Waals surface area contributed by atoms with Crippen molar-refractivity contribution in [2.75, 3.05) is 10.6 Å². The van der Waals surface area contributed by atoms with Gasteiger partial charge in [-0.15, -0.1) is 0 Å². The van der Waals surface area contributed by atoms with Crippen LogP contribution in [-0.2, 0) is 19.9 Å². The molecule has 2 aromatic carbocycles. The summed E-state index contributed by atoms with van der Waals surface area (Å²) in [6, 6.07) is 9.03. The summed E-state index contributed by atoms with van der Waals surface area (Å²) in [6.07, 6.45) is 0. The zero-order valence-corrected chi connectivity index (χ0v) is 16.0. The number of hydrogen-bond donors (Lipinski definition) is 1. The summed E-state index contributed by atoms with van der Waals surface area (Å²) >= 11 is 0. The highest BCUT2D eigenvalue weighted by Crippen LogP contribution is 2.27. The predicted molar refractivity (Wildman–Crippen MR) is 97.0 cm³/mol. The Morgan fingerprint density at radius 1 is 1.00 bits per heavy atom. The molecule has 10 heteroatoms.